The van der Waals surface area contributed by atoms with Crippen LogP contribution in [0.5, 0.6) is 0 Å². The van der Waals surface area contributed by atoms with Crippen LogP contribution in [0.25, 0.3) is 0 Å². The molecule has 1 heterocycles. The Balaban J connectivity index is 1.92. The molecule has 114 valence electrons. The number of thiophene rings is 1. The minimum absolute atomic E-state index is 0.125. The SMILES string of the molecule is Cc1cc(S(=O)(=O)N(C)CCOCC2CC2)sc1CO. The van der Waals surface area contributed by atoms with E-state index in [0.29, 0.717) is 23.9 Å². The summed E-state index contributed by atoms with van der Waals surface area (Å²) < 4.78 is 31.8. The normalized spacial score (nSPS) is 16.0. The minimum Gasteiger partial charge on any atom is -0.391 e. The number of nitrogens with zero attached hydrogens (tertiary/aromatic N) is 1. The van der Waals surface area contributed by atoms with Gasteiger partial charge in [-0.3, -0.25) is 0 Å². The van der Waals surface area contributed by atoms with Crippen LogP contribution < -0.4 is 0 Å². The van der Waals surface area contributed by atoms with Gasteiger partial charge in [0.2, 0.25) is 0 Å². The predicted molar refractivity (Wildman–Crippen MR) is 78.3 cm³/mol. The van der Waals surface area contributed by atoms with Gasteiger partial charge in [0.25, 0.3) is 10.0 Å². The molecular formula is C13H21NO4S2. The highest BCUT2D eigenvalue weighted by molar-refractivity contribution is 7.91. The first-order valence-electron chi connectivity index (χ1n) is 6.69. The molecule has 0 spiro atoms. The largest absolute Gasteiger partial charge is 0.391 e. The van der Waals surface area contributed by atoms with Crippen molar-refractivity contribution in [2.45, 2.75) is 30.6 Å². The lowest BCUT2D eigenvalue weighted by molar-refractivity contribution is 0.117. The average Bonchev–Trinajstić information content (AvgIpc) is 3.15. The maximum atomic E-state index is 12.4. The monoisotopic (exact) mass is 319 g/mol. The number of sulfonamides is 1. The Morgan fingerprint density at radius 1 is 1.50 bits per heavy atom. The van der Waals surface area contributed by atoms with Gasteiger partial charge in [0.05, 0.1) is 13.2 Å². The summed E-state index contributed by atoms with van der Waals surface area (Å²) in [5.41, 5.74) is 0.814. The van der Waals surface area contributed by atoms with E-state index in [-0.39, 0.29) is 10.8 Å². The van der Waals surface area contributed by atoms with Gasteiger partial charge in [-0.1, -0.05) is 0 Å². The molecule has 0 amide bonds. The van der Waals surface area contributed by atoms with Crippen molar-refractivity contribution < 1.29 is 18.3 Å². The molecule has 2 rings (SSSR count). The van der Waals surface area contributed by atoms with E-state index in [4.69, 9.17) is 9.84 Å². The summed E-state index contributed by atoms with van der Waals surface area (Å²) in [4.78, 5) is 0.696. The Morgan fingerprint density at radius 2 is 2.20 bits per heavy atom. The van der Waals surface area contributed by atoms with E-state index in [0.717, 1.165) is 23.5 Å². The Morgan fingerprint density at radius 3 is 2.75 bits per heavy atom. The smallest absolute Gasteiger partial charge is 0.252 e. The molecule has 1 aliphatic rings. The fraction of sp³-hybridized carbons (Fsp3) is 0.692. The summed E-state index contributed by atoms with van der Waals surface area (Å²) in [7, 11) is -1.92. The van der Waals surface area contributed by atoms with E-state index < -0.39 is 10.0 Å². The number of hydrogen-bond donors (Lipinski definition) is 1. The van der Waals surface area contributed by atoms with Crippen molar-refractivity contribution in [1.29, 1.82) is 0 Å². The van der Waals surface area contributed by atoms with Gasteiger partial charge >= 0.3 is 0 Å². The number of likely N-dealkylation sites (N-methyl/N-ethyl adjacent to an activating group) is 1. The summed E-state index contributed by atoms with van der Waals surface area (Å²) in [6, 6.07) is 1.62. The second-order valence-corrected chi connectivity index (χ2v) is 8.58. The molecule has 1 aliphatic carbocycles. The van der Waals surface area contributed by atoms with Gasteiger partial charge in [0.1, 0.15) is 4.21 Å². The molecule has 0 aromatic carbocycles. The Bertz CT molecular complexity index is 549. The highest BCUT2D eigenvalue weighted by Gasteiger charge is 2.24. The van der Waals surface area contributed by atoms with Gasteiger partial charge in [-0.05, 0) is 37.3 Å². The molecule has 1 aromatic heterocycles. The molecule has 20 heavy (non-hydrogen) atoms. The average molecular weight is 319 g/mol. The van der Waals surface area contributed by atoms with E-state index in [9.17, 15) is 8.42 Å². The number of hydrogen-bond acceptors (Lipinski definition) is 5. The zero-order valence-electron chi connectivity index (χ0n) is 11.8. The quantitative estimate of drug-likeness (QED) is 0.739. The summed E-state index contributed by atoms with van der Waals surface area (Å²) in [5.74, 6) is 0.684. The van der Waals surface area contributed by atoms with Crippen molar-refractivity contribution in [3.8, 4) is 0 Å². The van der Waals surface area contributed by atoms with Gasteiger partial charge in [0, 0.05) is 25.1 Å². The van der Waals surface area contributed by atoms with Crippen LogP contribution in [0.3, 0.4) is 0 Å². The van der Waals surface area contributed by atoms with Crippen LogP contribution in [0.4, 0.5) is 0 Å². The highest BCUT2D eigenvalue weighted by atomic mass is 32.2. The van der Waals surface area contributed by atoms with Gasteiger partial charge < -0.3 is 9.84 Å². The van der Waals surface area contributed by atoms with E-state index in [1.807, 2.05) is 0 Å². The Kier molecular flexibility index (Phi) is 5.19. The maximum Gasteiger partial charge on any atom is 0.252 e. The van der Waals surface area contributed by atoms with Crippen molar-refractivity contribution >= 4 is 21.4 Å². The third-order valence-corrected chi connectivity index (χ3v) is 6.94. The first kappa shape index (κ1) is 15.9. The molecule has 0 bridgehead atoms. The molecule has 1 saturated carbocycles. The summed E-state index contributed by atoms with van der Waals surface area (Å²) in [5, 5.41) is 9.15. The second-order valence-electron chi connectivity index (χ2n) is 5.17. The molecule has 0 radical (unpaired) electrons. The van der Waals surface area contributed by atoms with Crippen molar-refractivity contribution in [2.24, 2.45) is 5.92 Å². The minimum atomic E-state index is -3.48. The molecule has 0 atom stereocenters. The summed E-state index contributed by atoms with van der Waals surface area (Å²) in [6.45, 7) is 3.19. The molecule has 1 N–H and O–H groups in total. The lowest BCUT2D eigenvalue weighted by Crippen LogP contribution is -2.30. The first-order valence-corrected chi connectivity index (χ1v) is 8.95. The van der Waals surface area contributed by atoms with Crippen LogP contribution >= 0.6 is 11.3 Å². The van der Waals surface area contributed by atoms with E-state index in [1.54, 1.807) is 20.0 Å². The van der Waals surface area contributed by atoms with Gasteiger partial charge in [-0.2, -0.15) is 4.31 Å². The summed E-state index contributed by atoms with van der Waals surface area (Å²) in [6.07, 6.45) is 2.46. The number of ether oxygens (including phenoxy) is 1. The number of aliphatic hydroxyl groups excluding tert-OH is 1. The number of rotatable bonds is 8. The van der Waals surface area contributed by atoms with Gasteiger partial charge in [0.15, 0.2) is 0 Å². The van der Waals surface area contributed by atoms with Crippen LogP contribution in [-0.4, -0.2) is 44.6 Å². The first-order chi connectivity index (χ1) is 9.45. The molecule has 0 aliphatic heterocycles. The Labute approximate surface area is 124 Å². The van der Waals surface area contributed by atoms with Crippen molar-refractivity contribution in [1.82, 2.24) is 4.31 Å². The molecule has 1 aromatic rings. The van der Waals surface area contributed by atoms with Crippen LogP contribution in [-0.2, 0) is 21.4 Å². The van der Waals surface area contributed by atoms with Crippen LogP contribution in [0.2, 0.25) is 0 Å². The zero-order chi connectivity index (χ0) is 14.8. The summed E-state index contributed by atoms with van der Waals surface area (Å²) >= 11 is 1.13. The predicted octanol–water partition coefficient (Wildman–Crippen LogP) is 1.60. The molecule has 7 heteroatoms. The van der Waals surface area contributed by atoms with Gasteiger partial charge in [-0.25, -0.2) is 8.42 Å². The molecule has 0 saturated heterocycles. The molecular weight excluding hydrogens is 298 g/mol. The van der Waals surface area contributed by atoms with Crippen molar-refractivity contribution in [3.63, 3.8) is 0 Å². The lowest BCUT2D eigenvalue weighted by Gasteiger charge is -2.15. The number of aliphatic hydroxyl groups is 1. The van der Waals surface area contributed by atoms with Crippen molar-refractivity contribution in [2.75, 3.05) is 26.8 Å². The lowest BCUT2D eigenvalue weighted by atomic mass is 10.3. The highest BCUT2D eigenvalue weighted by Crippen LogP contribution is 2.29. The van der Waals surface area contributed by atoms with Crippen LogP contribution in [0, 0.1) is 12.8 Å². The zero-order valence-corrected chi connectivity index (χ0v) is 13.5. The van der Waals surface area contributed by atoms with E-state index in [1.165, 1.54) is 17.1 Å². The Hall–Kier alpha value is -0.470. The van der Waals surface area contributed by atoms with E-state index >= 15 is 0 Å². The standard InChI is InChI=1S/C13H21NO4S2/c1-10-7-13(19-12(10)8-15)20(16,17)14(2)5-6-18-9-11-3-4-11/h7,11,15H,3-6,8-9H2,1-2H3. The third-order valence-electron chi connectivity index (χ3n) is 3.41. The molecule has 0 unspecified atom stereocenters. The van der Waals surface area contributed by atoms with Crippen LogP contribution in [0.15, 0.2) is 10.3 Å². The fourth-order valence-electron chi connectivity index (χ4n) is 1.77. The third kappa shape index (κ3) is 3.79. The molecule has 1 fully saturated rings. The number of aryl methyl sites for hydroxylation is 1. The topological polar surface area (TPSA) is 66.8 Å². The van der Waals surface area contributed by atoms with Crippen molar-refractivity contribution in [3.05, 3.63) is 16.5 Å². The second kappa shape index (κ2) is 6.53. The molecule has 5 nitrogen and oxygen atoms in total. The van der Waals surface area contributed by atoms with E-state index in [2.05, 4.69) is 0 Å². The fourth-order valence-corrected chi connectivity index (χ4v) is 4.59. The maximum absolute atomic E-state index is 12.4. The van der Waals surface area contributed by atoms with Crippen LogP contribution in [0.1, 0.15) is 23.3 Å². The van der Waals surface area contributed by atoms with Gasteiger partial charge in [-0.15, -0.1) is 11.3 Å².